The van der Waals surface area contributed by atoms with Crippen LogP contribution in [0, 0.1) is 0 Å². The highest BCUT2D eigenvalue weighted by molar-refractivity contribution is 7.92. The van der Waals surface area contributed by atoms with Gasteiger partial charge in [0.2, 0.25) is 0 Å². The summed E-state index contributed by atoms with van der Waals surface area (Å²) in [5.41, 5.74) is 1.82. The standard InChI is InChI=1S/C21H21N3O4S2/c1-27-17-11-7-15(8-12-17)22-21(29)23-16-9-13-18(14-10-16)30(25,26)24-19-5-3-4-6-20(19)28-2/h3-14,24H,1-2H3,(H2,22,23,29). The summed E-state index contributed by atoms with van der Waals surface area (Å²) in [6, 6.07) is 20.4. The van der Waals surface area contributed by atoms with Crippen molar-refractivity contribution in [2.45, 2.75) is 4.90 Å². The van der Waals surface area contributed by atoms with E-state index in [9.17, 15) is 8.42 Å². The van der Waals surface area contributed by atoms with E-state index >= 15 is 0 Å². The Morgan fingerprint density at radius 3 is 1.93 bits per heavy atom. The Morgan fingerprint density at radius 2 is 1.37 bits per heavy atom. The van der Waals surface area contributed by atoms with Crippen molar-refractivity contribution in [3.8, 4) is 11.5 Å². The van der Waals surface area contributed by atoms with Gasteiger partial charge in [-0.2, -0.15) is 0 Å². The van der Waals surface area contributed by atoms with Crippen molar-refractivity contribution in [2.24, 2.45) is 0 Å². The lowest BCUT2D eigenvalue weighted by molar-refractivity contribution is 0.415. The number of hydrogen-bond donors (Lipinski definition) is 3. The molecule has 0 heterocycles. The molecule has 30 heavy (non-hydrogen) atoms. The average Bonchev–Trinajstić information content (AvgIpc) is 2.75. The second-order valence-corrected chi connectivity index (χ2v) is 8.23. The summed E-state index contributed by atoms with van der Waals surface area (Å²) in [6.07, 6.45) is 0. The molecule has 0 saturated heterocycles. The molecule has 3 N–H and O–H groups in total. The topological polar surface area (TPSA) is 88.7 Å². The molecule has 0 aromatic heterocycles. The fourth-order valence-corrected chi connectivity index (χ4v) is 3.92. The molecular formula is C21H21N3O4S2. The molecule has 0 unspecified atom stereocenters. The minimum Gasteiger partial charge on any atom is -0.497 e. The summed E-state index contributed by atoms with van der Waals surface area (Å²) < 4.78 is 38.2. The van der Waals surface area contributed by atoms with E-state index in [1.54, 1.807) is 43.5 Å². The van der Waals surface area contributed by atoms with Crippen molar-refractivity contribution < 1.29 is 17.9 Å². The van der Waals surface area contributed by atoms with Crippen LogP contribution in [-0.2, 0) is 10.0 Å². The number of anilines is 3. The van der Waals surface area contributed by atoms with Crippen LogP contribution in [0.2, 0.25) is 0 Å². The third-order valence-electron chi connectivity index (χ3n) is 4.12. The van der Waals surface area contributed by atoms with Gasteiger partial charge in [-0.25, -0.2) is 8.42 Å². The Kier molecular flexibility index (Phi) is 6.76. The van der Waals surface area contributed by atoms with Crippen molar-refractivity contribution in [3.63, 3.8) is 0 Å². The molecular weight excluding hydrogens is 422 g/mol. The smallest absolute Gasteiger partial charge is 0.262 e. The number of hydrogen-bond acceptors (Lipinski definition) is 5. The first-order valence-electron chi connectivity index (χ1n) is 8.89. The zero-order valence-electron chi connectivity index (χ0n) is 16.4. The molecule has 3 rings (SSSR count). The number of nitrogens with one attached hydrogen (secondary N) is 3. The fraction of sp³-hybridized carbons (Fsp3) is 0.0952. The average molecular weight is 444 g/mol. The summed E-state index contributed by atoms with van der Waals surface area (Å²) in [6.45, 7) is 0. The summed E-state index contributed by atoms with van der Waals surface area (Å²) in [7, 11) is -0.680. The highest BCUT2D eigenvalue weighted by Crippen LogP contribution is 2.26. The predicted octanol–water partition coefficient (Wildman–Crippen LogP) is 4.31. The molecule has 156 valence electrons. The van der Waals surface area contributed by atoms with Gasteiger partial charge >= 0.3 is 0 Å². The maximum Gasteiger partial charge on any atom is 0.262 e. The highest BCUT2D eigenvalue weighted by Gasteiger charge is 2.16. The van der Waals surface area contributed by atoms with Crippen molar-refractivity contribution in [2.75, 3.05) is 29.6 Å². The molecule has 0 bridgehead atoms. The van der Waals surface area contributed by atoms with Gasteiger partial charge in [0.15, 0.2) is 5.11 Å². The molecule has 3 aromatic carbocycles. The van der Waals surface area contributed by atoms with Gasteiger partial charge in [-0.1, -0.05) is 12.1 Å². The normalized spacial score (nSPS) is 10.7. The molecule has 3 aromatic rings. The SMILES string of the molecule is COc1ccc(NC(=S)Nc2ccc(S(=O)(=O)Nc3ccccc3OC)cc2)cc1. The number of rotatable bonds is 7. The lowest BCUT2D eigenvalue weighted by atomic mass is 10.3. The fourth-order valence-electron chi connectivity index (χ4n) is 2.62. The van der Waals surface area contributed by atoms with E-state index in [2.05, 4.69) is 15.4 Å². The second-order valence-electron chi connectivity index (χ2n) is 6.14. The number of sulfonamides is 1. The van der Waals surface area contributed by atoms with Gasteiger partial charge in [-0.15, -0.1) is 0 Å². The molecule has 0 atom stereocenters. The first-order valence-corrected chi connectivity index (χ1v) is 10.8. The van der Waals surface area contributed by atoms with Crippen LogP contribution in [0.1, 0.15) is 0 Å². The first kappa shape index (κ1) is 21.4. The highest BCUT2D eigenvalue weighted by atomic mass is 32.2. The number of benzene rings is 3. The molecule has 0 aliphatic rings. The minimum absolute atomic E-state index is 0.119. The van der Waals surface area contributed by atoms with E-state index in [1.165, 1.54) is 19.2 Å². The summed E-state index contributed by atoms with van der Waals surface area (Å²) in [5.74, 6) is 1.19. The zero-order valence-corrected chi connectivity index (χ0v) is 18.0. The molecule has 0 radical (unpaired) electrons. The van der Waals surface area contributed by atoms with Gasteiger partial charge < -0.3 is 20.1 Å². The third kappa shape index (κ3) is 5.40. The third-order valence-corrected chi connectivity index (χ3v) is 5.71. The van der Waals surface area contributed by atoms with Crippen LogP contribution in [0.3, 0.4) is 0 Å². The van der Waals surface area contributed by atoms with Gasteiger partial charge in [-0.3, -0.25) is 4.72 Å². The van der Waals surface area contributed by atoms with E-state index in [0.717, 1.165) is 11.4 Å². The molecule has 9 heteroatoms. The van der Waals surface area contributed by atoms with Gasteiger partial charge in [0.25, 0.3) is 10.0 Å². The number of para-hydroxylation sites is 2. The van der Waals surface area contributed by atoms with Crippen LogP contribution in [0.4, 0.5) is 17.1 Å². The quantitative estimate of drug-likeness (QED) is 0.469. The number of ether oxygens (including phenoxy) is 2. The van der Waals surface area contributed by atoms with E-state index in [4.69, 9.17) is 21.7 Å². The van der Waals surface area contributed by atoms with Crippen LogP contribution in [0.5, 0.6) is 11.5 Å². The van der Waals surface area contributed by atoms with Gasteiger partial charge in [0.1, 0.15) is 11.5 Å². The second kappa shape index (κ2) is 9.47. The van der Waals surface area contributed by atoms with E-state index in [1.807, 2.05) is 24.3 Å². The Hall–Kier alpha value is -3.30. The van der Waals surface area contributed by atoms with Crippen molar-refractivity contribution in [3.05, 3.63) is 72.8 Å². The predicted molar refractivity (Wildman–Crippen MR) is 123 cm³/mol. The molecule has 7 nitrogen and oxygen atoms in total. The first-order chi connectivity index (χ1) is 14.4. The monoisotopic (exact) mass is 443 g/mol. The Bertz CT molecular complexity index is 1120. The Balaban J connectivity index is 1.65. The maximum absolute atomic E-state index is 12.7. The van der Waals surface area contributed by atoms with Crippen LogP contribution in [0.15, 0.2) is 77.7 Å². The molecule has 0 aliphatic carbocycles. The van der Waals surface area contributed by atoms with Gasteiger partial charge in [-0.05, 0) is 72.9 Å². The van der Waals surface area contributed by atoms with E-state index < -0.39 is 10.0 Å². The molecule has 0 aliphatic heterocycles. The summed E-state index contributed by atoms with van der Waals surface area (Å²) in [5, 5.41) is 6.45. The van der Waals surface area contributed by atoms with Gasteiger partial charge in [0.05, 0.1) is 24.8 Å². The van der Waals surface area contributed by atoms with Crippen molar-refractivity contribution in [1.82, 2.24) is 0 Å². The lowest BCUT2D eigenvalue weighted by Crippen LogP contribution is -2.19. The molecule has 0 amide bonds. The van der Waals surface area contributed by atoms with Crippen LogP contribution in [0.25, 0.3) is 0 Å². The largest absolute Gasteiger partial charge is 0.497 e. The Labute approximate surface area is 181 Å². The van der Waals surface area contributed by atoms with Gasteiger partial charge in [0, 0.05) is 11.4 Å². The molecule has 0 spiro atoms. The minimum atomic E-state index is -3.76. The van der Waals surface area contributed by atoms with Crippen molar-refractivity contribution in [1.29, 1.82) is 0 Å². The van der Waals surface area contributed by atoms with E-state index in [-0.39, 0.29) is 4.90 Å². The Morgan fingerprint density at radius 1 is 0.800 bits per heavy atom. The summed E-state index contributed by atoms with van der Waals surface area (Å²) in [4.78, 5) is 0.119. The van der Waals surface area contributed by atoms with Crippen LogP contribution < -0.4 is 24.8 Å². The van der Waals surface area contributed by atoms with Crippen molar-refractivity contribution >= 4 is 44.4 Å². The number of thiocarbonyl (C=S) groups is 1. The van der Waals surface area contributed by atoms with Crippen LogP contribution in [-0.4, -0.2) is 27.7 Å². The van der Waals surface area contributed by atoms with E-state index in [0.29, 0.717) is 22.2 Å². The summed E-state index contributed by atoms with van der Waals surface area (Å²) >= 11 is 5.30. The molecule has 0 fully saturated rings. The number of methoxy groups -OCH3 is 2. The maximum atomic E-state index is 12.7. The lowest BCUT2D eigenvalue weighted by Gasteiger charge is -2.13. The molecule has 0 saturated carbocycles. The van der Waals surface area contributed by atoms with Crippen LogP contribution >= 0.6 is 12.2 Å². The zero-order chi connectivity index (χ0) is 21.6.